The highest BCUT2D eigenvalue weighted by Crippen LogP contribution is 2.20. The highest BCUT2D eigenvalue weighted by atomic mass is 16.5. The summed E-state index contributed by atoms with van der Waals surface area (Å²) in [6, 6.07) is 0.713. The van der Waals surface area contributed by atoms with Gasteiger partial charge in [0.2, 0.25) is 0 Å². The Balaban J connectivity index is 1.83. The van der Waals surface area contributed by atoms with Crippen LogP contribution in [-0.2, 0) is 4.74 Å². The summed E-state index contributed by atoms with van der Waals surface area (Å²) in [6.07, 6.45) is 1.26. The Labute approximate surface area is 80.4 Å². The molecule has 2 atom stereocenters. The zero-order valence-electron chi connectivity index (χ0n) is 8.46. The SMILES string of the molecule is CC(C1CCOC1)N1CCNCC1. The zero-order chi connectivity index (χ0) is 9.10. The third-order valence-corrected chi connectivity index (χ3v) is 3.37. The molecule has 2 aliphatic heterocycles. The molecule has 0 amide bonds. The van der Waals surface area contributed by atoms with Gasteiger partial charge < -0.3 is 10.1 Å². The average Bonchev–Trinajstić information content (AvgIpc) is 2.71. The fourth-order valence-corrected chi connectivity index (χ4v) is 2.32. The summed E-state index contributed by atoms with van der Waals surface area (Å²) in [4.78, 5) is 2.59. The van der Waals surface area contributed by atoms with E-state index < -0.39 is 0 Å². The summed E-state index contributed by atoms with van der Waals surface area (Å²) in [5.41, 5.74) is 0. The maximum Gasteiger partial charge on any atom is 0.0509 e. The van der Waals surface area contributed by atoms with Gasteiger partial charge in [-0.05, 0) is 19.3 Å². The second-order valence-corrected chi connectivity index (χ2v) is 4.15. The monoisotopic (exact) mass is 184 g/mol. The first-order chi connectivity index (χ1) is 6.38. The largest absolute Gasteiger partial charge is 0.381 e. The van der Waals surface area contributed by atoms with Crippen LogP contribution in [-0.4, -0.2) is 50.3 Å². The van der Waals surface area contributed by atoms with Gasteiger partial charge in [-0.25, -0.2) is 0 Å². The van der Waals surface area contributed by atoms with Crippen LogP contribution in [0.4, 0.5) is 0 Å². The summed E-state index contributed by atoms with van der Waals surface area (Å²) in [5.74, 6) is 0.776. The van der Waals surface area contributed by atoms with Crippen molar-refractivity contribution < 1.29 is 4.74 Å². The van der Waals surface area contributed by atoms with Crippen molar-refractivity contribution in [1.29, 1.82) is 0 Å². The average molecular weight is 184 g/mol. The smallest absolute Gasteiger partial charge is 0.0509 e. The van der Waals surface area contributed by atoms with E-state index in [1.165, 1.54) is 19.5 Å². The minimum Gasteiger partial charge on any atom is -0.381 e. The van der Waals surface area contributed by atoms with Crippen molar-refractivity contribution in [2.24, 2.45) is 5.92 Å². The van der Waals surface area contributed by atoms with Gasteiger partial charge in [0.25, 0.3) is 0 Å². The predicted molar refractivity (Wildman–Crippen MR) is 52.8 cm³/mol. The topological polar surface area (TPSA) is 24.5 Å². The van der Waals surface area contributed by atoms with Crippen molar-refractivity contribution >= 4 is 0 Å². The molecule has 0 radical (unpaired) electrons. The normalized spacial score (nSPS) is 33.5. The van der Waals surface area contributed by atoms with Crippen molar-refractivity contribution in [3.63, 3.8) is 0 Å². The molecular formula is C10H20N2O. The van der Waals surface area contributed by atoms with Gasteiger partial charge in [0.15, 0.2) is 0 Å². The Morgan fingerprint density at radius 3 is 2.77 bits per heavy atom. The molecule has 3 heteroatoms. The highest BCUT2D eigenvalue weighted by molar-refractivity contribution is 4.81. The van der Waals surface area contributed by atoms with Crippen molar-refractivity contribution in [3.8, 4) is 0 Å². The second kappa shape index (κ2) is 4.40. The van der Waals surface area contributed by atoms with Crippen molar-refractivity contribution in [1.82, 2.24) is 10.2 Å². The molecule has 2 fully saturated rings. The lowest BCUT2D eigenvalue weighted by atomic mass is 9.99. The van der Waals surface area contributed by atoms with E-state index in [0.717, 1.165) is 32.2 Å². The van der Waals surface area contributed by atoms with Crippen molar-refractivity contribution in [3.05, 3.63) is 0 Å². The molecule has 0 aromatic rings. The quantitative estimate of drug-likeness (QED) is 0.669. The van der Waals surface area contributed by atoms with Crippen LogP contribution in [0.1, 0.15) is 13.3 Å². The maximum absolute atomic E-state index is 5.43. The molecule has 0 spiro atoms. The molecule has 0 aromatic carbocycles. The minimum absolute atomic E-state index is 0.713. The van der Waals surface area contributed by atoms with Crippen molar-refractivity contribution in [2.75, 3.05) is 39.4 Å². The van der Waals surface area contributed by atoms with Crippen LogP contribution in [0.5, 0.6) is 0 Å². The summed E-state index contributed by atoms with van der Waals surface area (Å²) in [7, 11) is 0. The molecule has 2 rings (SSSR count). The van der Waals surface area contributed by atoms with E-state index in [0.29, 0.717) is 6.04 Å². The van der Waals surface area contributed by atoms with Gasteiger partial charge in [0.1, 0.15) is 0 Å². The zero-order valence-corrected chi connectivity index (χ0v) is 8.46. The predicted octanol–water partition coefficient (Wildman–Crippen LogP) is 0.317. The Hall–Kier alpha value is -0.120. The van der Waals surface area contributed by atoms with Crippen LogP contribution >= 0.6 is 0 Å². The fraction of sp³-hybridized carbons (Fsp3) is 1.00. The molecule has 0 aromatic heterocycles. The first kappa shape index (κ1) is 9.44. The van der Waals surface area contributed by atoms with E-state index in [9.17, 15) is 0 Å². The molecule has 2 aliphatic rings. The Bertz CT molecular complexity index is 151. The van der Waals surface area contributed by atoms with Gasteiger partial charge >= 0.3 is 0 Å². The third kappa shape index (κ3) is 2.22. The molecule has 3 nitrogen and oxygen atoms in total. The first-order valence-electron chi connectivity index (χ1n) is 5.40. The fourth-order valence-electron chi connectivity index (χ4n) is 2.32. The molecule has 0 bridgehead atoms. The number of hydrogen-bond donors (Lipinski definition) is 1. The van der Waals surface area contributed by atoms with Gasteiger partial charge in [-0.3, -0.25) is 4.90 Å². The number of ether oxygens (including phenoxy) is 1. The van der Waals surface area contributed by atoms with Gasteiger partial charge in [0, 0.05) is 38.8 Å². The molecule has 76 valence electrons. The Kier molecular flexibility index (Phi) is 3.19. The third-order valence-electron chi connectivity index (χ3n) is 3.37. The van der Waals surface area contributed by atoms with E-state index in [-0.39, 0.29) is 0 Å². The van der Waals surface area contributed by atoms with Crippen LogP contribution in [0.3, 0.4) is 0 Å². The molecule has 0 saturated carbocycles. The molecule has 2 unspecified atom stereocenters. The molecule has 13 heavy (non-hydrogen) atoms. The Morgan fingerprint density at radius 1 is 1.38 bits per heavy atom. The van der Waals surface area contributed by atoms with E-state index in [2.05, 4.69) is 17.1 Å². The van der Waals surface area contributed by atoms with Crippen LogP contribution in [0.25, 0.3) is 0 Å². The minimum atomic E-state index is 0.713. The van der Waals surface area contributed by atoms with Gasteiger partial charge in [-0.15, -0.1) is 0 Å². The lowest BCUT2D eigenvalue weighted by Crippen LogP contribution is -2.49. The maximum atomic E-state index is 5.43. The molecule has 0 aliphatic carbocycles. The lowest BCUT2D eigenvalue weighted by molar-refractivity contribution is 0.117. The lowest BCUT2D eigenvalue weighted by Gasteiger charge is -2.35. The van der Waals surface area contributed by atoms with Crippen LogP contribution in [0.15, 0.2) is 0 Å². The highest BCUT2D eigenvalue weighted by Gasteiger charge is 2.27. The second-order valence-electron chi connectivity index (χ2n) is 4.15. The number of nitrogens with one attached hydrogen (secondary N) is 1. The first-order valence-corrected chi connectivity index (χ1v) is 5.40. The van der Waals surface area contributed by atoms with E-state index in [1.54, 1.807) is 0 Å². The summed E-state index contributed by atoms with van der Waals surface area (Å²) in [5, 5.41) is 3.39. The van der Waals surface area contributed by atoms with Crippen LogP contribution in [0.2, 0.25) is 0 Å². The van der Waals surface area contributed by atoms with E-state index in [4.69, 9.17) is 4.74 Å². The standard InChI is InChI=1S/C10H20N2O/c1-9(10-2-7-13-8-10)12-5-3-11-4-6-12/h9-11H,2-8H2,1H3. The summed E-state index contributed by atoms with van der Waals surface area (Å²) in [6.45, 7) is 9.02. The van der Waals surface area contributed by atoms with Crippen molar-refractivity contribution in [2.45, 2.75) is 19.4 Å². The van der Waals surface area contributed by atoms with E-state index >= 15 is 0 Å². The van der Waals surface area contributed by atoms with Gasteiger partial charge in [0.05, 0.1) is 6.61 Å². The van der Waals surface area contributed by atoms with Crippen LogP contribution in [0, 0.1) is 5.92 Å². The van der Waals surface area contributed by atoms with Crippen LogP contribution < -0.4 is 5.32 Å². The summed E-state index contributed by atoms with van der Waals surface area (Å²) < 4.78 is 5.43. The number of piperazine rings is 1. The molecule has 2 saturated heterocycles. The molecule has 1 N–H and O–H groups in total. The van der Waals surface area contributed by atoms with Gasteiger partial charge in [-0.1, -0.05) is 0 Å². The molecule has 2 heterocycles. The molecular weight excluding hydrogens is 164 g/mol. The number of hydrogen-bond acceptors (Lipinski definition) is 3. The van der Waals surface area contributed by atoms with Gasteiger partial charge in [-0.2, -0.15) is 0 Å². The number of nitrogens with zero attached hydrogens (tertiary/aromatic N) is 1. The number of rotatable bonds is 2. The van der Waals surface area contributed by atoms with E-state index in [1.807, 2.05) is 0 Å². The summed E-state index contributed by atoms with van der Waals surface area (Å²) >= 11 is 0. The Morgan fingerprint density at radius 2 is 2.15 bits per heavy atom.